The Morgan fingerprint density at radius 3 is 2.54 bits per heavy atom. The van der Waals surface area contributed by atoms with Gasteiger partial charge in [-0.15, -0.1) is 0 Å². The molecule has 1 aliphatic carbocycles. The molecule has 0 saturated carbocycles. The lowest BCUT2D eigenvalue weighted by Gasteiger charge is -2.06. The summed E-state index contributed by atoms with van der Waals surface area (Å²) in [6.07, 6.45) is 0.527. The van der Waals surface area contributed by atoms with E-state index in [1.54, 1.807) is 12.1 Å². The molecule has 0 spiro atoms. The van der Waals surface area contributed by atoms with Gasteiger partial charge in [0.1, 0.15) is 0 Å². The van der Waals surface area contributed by atoms with E-state index in [2.05, 4.69) is 0 Å². The fraction of sp³-hybridized carbons (Fsp3) is 0.300. The number of carbonyl (C=O) groups is 1. The molecule has 0 aliphatic heterocycles. The first-order chi connectivity index (χ1) is 6.11. The molecule has 68 valence electrons. The minimum Gasteiger partial charge on any atom is -0.294 e. The topological polar surface area (TPSA) is 17.1 Å². The van der Waals surface area contributed by atoms with Gasteiger partial charge in [0, 0.05) is 17.0 Å². The van der Waals surface area contributed by atoms with Gasteiger partial charge >= 0.3 is 0 Å². The minimum atomic E-state index is 0.106. The number of fused-ring (bicyclic) bond motifs is 1. The first-order valence-electron chi connectivity index (χ1n) is 4.12. The molecule has 0 heterocycles. The van der Waals surface area contributed by atoms with Gasteiger partial charge in [-0.2, -0.15) is 0 Å². The van der Waals surface area contributed by atoms with Gasteiger partial charge in [-0.1, -0.05) is 30.1 Å². The summed E-state index contributed by atoms with van der Waals surface area (Å²) >= 11 is 11.9. The summed E-state index contributed by atoms with van der Waals surface area (Å²) < 4.78 is 0. The first-order valence-corrected chi connectivity index (χ1v) is 4.88. The second kappa shape index (κ2) is 3.00. The molecule has 1 atom stereocenters. The molecule has 13 heavy (non-hydrogen) atoms. The molecule has 0 saturated heterocycles. The Kier molecular flexibility index (Phi) is 2.09. The lowest BCUT2D eigenvalue weighted by molar-refractivity contribution is 0.0990. The Hall–Kier alpha value is -0.530. The largest absolute Gasteiger partial charge is 0.294 e. The summed E-state index contributed by atoms with van der Waals surface area (Å²) in [5, 5.41) is 1.17. The molecule has 3 heteroatoms. The molecule has 1 unspecified atom stereocenters. The highest BCUT2D eigenvalue weighted by atomic mass is 35.5. The first kappa shape index (κ1) is 9.04. The van der Waals surface area contributed by atoms with E-state index < -0.39 is 0 Å². The van der Waals surface area contributed by atoms with E-state index in [0.717, 1.165) is 5.56 Å². The fourth-order valence-corrected chi connectivity index (χ4v) is 2.43. The van der Waals surface area contributed by atoms with Crippen molar-refractivity contribution in [3.8, 4) is 0 Å². The van der Waals surface area contributed by atoms with E-state index >= 15 is 0 Å². The van der Waals surface area contributed by atoms with Crippen molar-refractivity contribution < 1.29 is 4.79 Å². The van der Waals surface area contributed by atoms with Crippen molar-refractivity contribution in [2.24, 2.45) is 0 Å². The van der Waals surface area contributed by atoms with Crippen LogP contribution in [0.15, 0.2) is 12.1 Å². The Labute approximate surface area is 86.7 Å². The van der Waals surface area contributed by atoms with Crippen LogP contribution >= 0.6 is 23.2 Å². The SMILES string of the molecule is CC1CC(=O)c2c(Cl)ccc(Cl)c21. The van der Waals surface area contributed by atoms with Crippen molar-refractivity contribution >= 4 is 29.0 Å². The van der Waals surface area contributed by atoms with Gasteiger partial charge in [-0.05, 0) is 23.6 Å². The third-order valence-corrected chi connectivity index (χ3v) is 3.05. The van der Waals surface area contributed by atoms with Crippen LogP contribution in [0.1, 0.15) is 35.2 Å². The summed E-state index contributed by atoms with van der Waals surface area (Å²) in [5.41, 5.74) is 1.54. The highest BCUT2D eigenvalue weighted by Crippen LogP contribution is 2.40. The van der Waals surface area contributed by atoms with E-state index in [1.807, 2.05) is 6.92 Å². The molecule has 0 N–H and O–H groups in total. The van der Waals surface area contributed by atoms with Crippen molar-refractivity contribution in [2.45, 2.75) is 19.3 Å². The van der Waals surface area contributed by atoms with Crippen LogP contribution in [0.4, 0.5) is 0 Å². The van der Waals surface area contributed by atoms with Crippen molar-refractivity contribution in [1.82, 2.24) is 0 Å². The monoisotopic (exact) mass is 214 g/mol. The summed E-state index contributed by atoms with van der Waals surface area (Å²) in [5.74, 6) is 0.309. The van der Waals surface area contributed by atoms with Crippen LogP contribution in [-0.4, -0.2) is 5.78 Å². The van der Waals surface area contributed by atoms with E-state index in [4.69, 9.17) is 23.2 Å². The van der Waals surface area contributed by atoms with Crippen LogP contribution in [0, 0.1) is 0 Å². The maximum Gasteiger partial charge on any atom is 0.165 e. The third-order valence-electron chi connectivity index (χ3n) is 2.40. The maximum atomic E-state index is 11.5. The summed E-state index contributed by atoms with van der Waals surface area (Å²) in [6.45, 7) is 1.99. The number of halogens is 2. The molecule has 1 aromatic carbocycles. The zero-order valence-corrected chi connectivity index (χ0v) is 8.62. The average Bonchev–Trinajstić information content (AvgIpc) is 2.36. The number of carbonyl (C=O) groups excluding carboxylic acids is 1. The molecule has 0 amide bonds. The van der Waals surface area contributed by atoms with Crippen LogP contribution in [0.5, 0.6) is 0 Å². The molecule has 0 bridgehead atoms. The van der Waals surface area contributed by atoms with Crippen molar-refractivity contribution in [2.75, 3.05) is 0 Å². The highest BCUT2D eigenvalue weighted by molar-refractivity contribution is 6.37. The number of benzene rings is 1. The molecule has 0 radical (unpaired) electrons. The van der Waals surface area contributed by atoms with Gasteiger partial charge < -0.3 is 0 Å². The van der Waals surface area contributed by atoms with Crippen LogP contribution in [-0.2, 0) is 0 Å². The molecular weight excluding hydrogens is 207 g/mol. The Balaban J connectivity index is 2.74. The Morgan fingerprint density at radius 1 is 1.31 bits per heavy atom. The number of hydrogen-bond donors (Lipinski definition) is 0. The molecule has 1 nitrogen and oxygen atoms in total. The lowest BCUT2D eigenvalue weighted by Crippen LogP contribution is -1.92. The molecule has 0 fully saturated rings. The quantitative estimate of drug-likeness (QED) is 0.645. The molecule has 2 rings (SSSR count). The normalized spacial score (nSPS) is 20.5. The van der Waals surface area contributed by atoms with Crippen molar-refractivity contribution in [3.63, 3.8) is 0 Å². The number of hydrogen-bond acceptors (Lipinski definition) is 1. The van der Waals surface area contributed by atoms with E-state index in [0.29, 0.717) is 22.0 Å². The number of ketones is 1. The van der Waals surface area contributed by atoms with Crippen LogP contribution in [0.2, 0.25) is 10.0 Å². The summed E-state index contributed by atoms with van der Waals surface area (Å²) in [6, 6.07) is 3.43. The maximum absolute atomic E-state index is 11.5. The van der Waals surface area contributed by atoms with Gasteiger partial charge in [-0.25, -0.2) is 0 Å². The highest BCUT2D eigenvalue weighted by Gasteiger charge is 2.30. The third kappa shape index (κ3) is 1.27. The fourth-order valence-electron chi connectivity index (χ4n) is 1.81. The number of rotatable bonds is 0. The minimum absolute atomic E-state index is 0.106. The second-order valence-corrected chi connectivity index (χ2v) is 4.16. The zero-order chi connectivity index (χ0) is 9.59. The van der Waals surface area contributed by atoms with Crippen LogP contribution in [0.25, 0.3) is 0 Å². The zero-order valence-electron chi connectivity index (χ0n) is 7.10. The molecule has 1 aromatic rings. The Morgan fingerprint density at radius 2 is 1.92 bits per heavy atom. The smallest absolute Gasteiger partial charge is 0.165 e. The van der Waals surface area contributed by atoms with Crippen LogP contribution in [0.3, 0.4) is 0 Å². The predicted octanol–water partition coefficient (Wildman–Crippen LogP) is 3.68. The summed E-state index contributed by atoms with van der Waals surface area (Å²) in [4.78, 5) is 11.5. The standard InChI is InChI=1S/C10H8Cl2O/c1-5-4-8(13)10-7(12)3-2-6(11)9(5)10/h2-3,5H,4H2,1H3. The average molecular weight is 215 g/mol. The summed E-state index contributed by atoms with van der Waals surface area (Å²) in [7, 11) is 0. The van der Waals surface area contributed by atoms with Crippen LogP contribution < -0.4 is 0 Å². The predicted molar refractivity (Wildman–Crippen MR) is 53.8 cm³/mol. The van der Waals surface area contributed by atoms with Gasteiger partial charge in [0.25, 0.3) is 0 Å². The van der Waals surface area contributed by atoms with Gasteiger partial charge in [-0.3, -0.25) is 4.79 Å². The van der Waals surface area contributed by atoms with E-state index in [1.165, 1.54) is 0 Å². The van der Waals surface area contributed by atoms with Gasteiger partial charge in [0.15, 0.2) is 5.78 Å². The van der Waals surface area contributed by atoms with E-state index in [-0.39, 0.29) is 11.7 Å². The number of Topliss-reactive ketones (excluding diaryl/α,β-unsaturated/α-hetero) is 1. The van der Waals surface area contributed by atoms with Crippen molar-refractivity contribution in [1.29, 1.82) is 0 Å². The Bertz CT molecular complexity index is 385. The second-order valence-electron chi connectivity index (χ2n) is 3.35. The van der Waals surface area contributed by atoms with Gasteiger partial charge in [0.2, 0.25) is 0 Å². The lowest BCUT2D eigenvalue weighted by atomic mass is 10.0. The van der Waals surface area contributed by atoms with E-state index in [9.17, 15) is 4.79 Å². The van der Waals surface area contributed by atoms with Crippen molar-refractivity contribution in [3.05, 3.63) is 33.3 Å². The molecule has 0 aromatic heterocycles. The van der Waals surface area contributed by atoms with Gasteiger partial charge in [0.05, 0.1) is 5.02 Å². The molecule has 1 aliphatic rings. The molecular formula is C10H8Cl2O.